The van der Waals surface area contributed by atoms with Crippen LogP contribution in [0.4, 0.5) is 32.2 Å². The van der Waals surface area contributed by atoms with Crippen LogP contribution in [0.25, 0.3) is 11.0 Å². The fraction of sp³-hybridized carbons (Fsp3) is 0.273. The van der Waals surface area contributed by atoms with E-state index in [0.717, 1.165) is 6.20 Å². The number of carbonyl (C=O) groups is 1. The molecule has 0 aliphatic rings. The number of rotatable bonds is 3. The largest absolute Gasteiger partial charge is 0.418 e. The highest BCUT2D eigenvalue weighted by molar-refractivity contribution is 5.82. The van der Waals surface area contributed by atoms with Crippen molar-refractivity contribution in [2.45, 2.75) is 12.4 Å². The fourth-order valence-electron chi connectivity index (χ4n) is 1.59. The molecule has 0 radical (unpaired) electrons. The van der Waals surface area contributed by atoms with Gasteiger partial charge in [-0.05, 0) is 6.07 Å². The maximum absolute atomic E-state index is 13.0. The highest BCUT2D eigenvalue weighted by Crippen LogP contribution is 2.35. The van der Waals surface area contributed by atoms with Crippen LogP contribution in [-0.4, -0.2) is 34.0 Å². The van der Waals surface area contributed by atoms with Crippen LogP contribution < -0.4 is 5.32 Å². The first kappa shape index (κ1) is 15.9. The van der Waals surface area contributed by atoms with E-state index >= 15 is 0 Å². The number of pyridine rings is 1. The number of nitrogens with zero attached hydrogens (tertiary/aromatic N) is 3. The normalized spacial score (nSPS) is 12.5. The number of fused-ring (bicyclic) bond motifs is 1. The van der Waals surface area contributed by atoms with Crippen LogP contribution in [0.1, 0.15) is 16.2 Å². The summed E-state index contributed by atoms with van der Waals surface area (Å²) < 4.78 is 75.3. The molecule has 1 N–H and O–H groups in total. The molecule has 0 fully saturated rings. The van der Waals surface area contributed by atoms with Gasteiger partial charge in [-0.15, -0.1) is 0 Å². The van der Waals surface area contributed by atoms with Gasteiger partial charge in [0.2, 0.25) is 0 Å². The molecule has 0 aliphatic heterocycles. The fourth-order valence-corrected chi connectivity index (χ4v) is 1.59. The van der Waals surface area contributed by atoms with Crippen molar-refractivity contribution in [3.8, 4) is 0 Å². The van der Waals surface area contributed by atoms with Crippen molar-refractivity contribution in [1.82, 2.24) is 15.0 Å². The van der Waals surface area contributed by atoms with Gasteiger partial charge in [-0.2, -0.15) is 26.3 Å². The third-order valence-electron chi connectivity index (χ3n) is 2.45. The molecule has 118 valence electrons. The van der Waals surface area contributed by atoms with E-state index in [1.807, 2.05) is 0 Å². The number of anilines is 1. The summed E-state index contributed by atoms with van der Waals surface area (Å²) >= 11 is 0. The molecule has 2 aromatic rings. The molecule has 0 bridgehead atoms. The quantitative estimate of drug-likeness (QED) is 0.694. The zero-order valence-corrected chi connectivity index (χ0v) is 10.5. The SMILES string of the molecule is O=Cc1ncc2nc(NCC(F)(F)F)cc(C(F)(F)F)c2n1. The summed E-state index contributed by atoms with van der Waals surface area (Å²) in [6.07, 6.45) is -8.52. The van der Waals surface area contributed by atoms with Crippen LogP contribution in [0.15, 0.2) is 12.3 Å². The minimum absolute atomic E-state index is 0.148. The minimum atomic E-state index is -4.88. The van der Waals surface area contributed by atoms with Gasteiger partial charge in [0.1, 0.15) is 23.4 Å². The Morgan fingerprint density at radius 1 is 1.14 bits per heavy atom. The molecular formula is C11H6F6N4O. The van der Waals surface area contributed by atoms with Gasteiger partial charge < -0.3 is 5.32 Å². The Hall–Kier alpha value is -2.46. The molecular weight excluding hydrogens is 318 g/mol. The predicted octanol–water partition coefficient (Wildman–Crippen LogP) is 2.83. The Kier molecular flexibility index (Phi) is 3.90. The number of aldehydes is 1. The number of halogens is 6. The highest BCUT2D eigenvalue weighted by atomic mass is 19.4. The lowest BCUT2D eigenvalue weighted by Gasteiger charge is -2.13. The van der Waals surface area contributed by atoms with Crippen LogP contribution in [0, 0.1) is 0 Å². The maximum Gasteiger partial charge on any atom is 0.418 e. The van der Waals surface area contributed by atoms with Gasteiger partial charge in [0.05, 0.1) is 11.8 Å². The molecule has 0 amide bonds. The van der Waals surface area contributed by atoms with Crippen molar-refractivity contribution in [3.63, 3.8) is 0 Å². The lowest BCUT2D eigenvalue weighted by Crippen LogP contribution is -2.22. The Balaban J connectivity index is 2.56. The van der Waals surface area contributed by atoms with E-state index in [1.165, 1.54) is 0 Å². The first-order valence-corrected chi connectivity index (χ1v) is 5.61. The van der Waals surface area contributed by atoms with E-state index in [9.17, 15) is 31.1 Å². The van der Waals surface area contributed by atoms with Crippen LogP contribution >= 0.6 is 0 Å². The van der Waals surface area contributed by atoms with Gasteiger partial charge in [0.15, 0.2) is 12.1 Å². The second-order valence-electron chi connectivity index (χ2n) is 4.10. The maximum atomic E-state index is 13.0. The molecule has 0 saturated carbocycles. The van der Waals surface area contributed by atoms with Crippen molar-refractivity contribution >= 4 is 23.1 Å². The Morgan fingerprint density at radius 3 is 2.36 bits per heavy atom. The summed E-state index contributed by atoms with van der Waals surface area (Å²) in [5.74, 6) is -1.12. The van der Waals surface area contributed by atoms with Crippen LogP contribution in [0.5, 0.6) is 0 Å². The molecule has 2 aromatic heterocycles. The molecule has 22 heavy (non-hydrogen) atoms. The molecule has 0 saturated heterocycles. The molecule has 0 atom stereocenters. The average molecular weight is 324 g/mol. The topological polar surface area (TPSA) is 67.8 Å². The first-order chi connectivity index (χ1) is 10.1. The summed E-state index contributed by atoms with van der Waals surface area (Å²) in [5, 5.41) is 1.76. The second-order valence-corrected chi connectivity index (χ2v) is 4.10. The van der Waals surface area contributed by atoms with Gasteiger partial charge in [0.25, 0.3) is 0 Å². The number of alkyl halides is 6. The summed E-state index contributed by atoms with van der Waals surface area (Å²) in [6, 6.07) is 0.398. The van der Waals surface area contributed by atoms with E-state index < -0.39 is 41.6 Å². The molecule has 11 heteroatoms. The molecule has 0 spiro atoms. The summed E-state index contributed by atoms with van der Waals surface area (Å²) in [7, 11) is 0. The monoisotopic (exact) mass is 324 g/mol. The Labute approximate surface area is 118 Å². The van der Waals surface area contributed by atoms with Crippen LogP contribution in [0.2, 0.25) is 0 Å². The van der Waals surface area contributed by atoms with Gasteiger partial charge in [0, 0.05) is 0 Å². The minimum Gasteiger partial charge on any atom is -0.361 e. The molecule has 0 aromatic carbocycles. The smallest absolute Gasteiger partial charge is 0.361 e. The summed E-state index contributed by atoms with van der Waals surface area (Å²) in [6.45, 7) is -1.55. The number of carbonyl (C=O) groups excluding carboxylic acids is 1. The number of nitrogens with one attached hydrogen (secondary N) is 1. The number of hydrogen-bond acceptors (Lipinski definition) is 5. The zero-order valence-electron chi connectivity index (χ0n) is 10.5. The third-order valence-corrected chi connectivity index (χ3v) is 2.45. The van der Waals surface area contributed by atoms with E-state index in [1.54, 1.807) is 5.32 Å². The van der Waals surface area contributed by atoms with E-state index in [0.29, 0.717) is 6.07 Å². The lowest BCUT2D eigenvalue weighted by molar-refractivity contribution is -0.136. The number of aromatic nitrogens is 3. The van der Waals surface area contributed by atoms with Crippen LogP contribution in [0.3, 0.4) is 0 Å². The standard InChI is InChI=1S/C11H6F6N4O/c12-10(13,14)4-19-7-1-5(11(15,16)17)9-6(20-7)2-18-8(3-22)21-9/h1-3H,4H2,(H,19,20). The zero-order chi connectivity index (χ0) is 16.5. The Morgan fingerprint density at radius 2 is 1.82 bits per heavy atom. The van der Waals surface area contributed by atoms with Gasteiger partial charge >= 0.3 is 12.4 Å². The second kappa shape index (κ2) is 5.39. The van der Waals surface area contributed by atoms with Crippen molar-refractivity contribution in [1.29, 1.82) is 0 Å². The third kappa shape index (κ3) is 3.59. The van der Waals surface area contributed by atoms with Gasteiger partial charge in [-0.1, -0.05) is 0 Å². The summed E-state index contributed by atoms with van der Waals surface area (Å²) in [4.78, 5) is 20.9. The highest BCUT2D eigenvalue weighted by Gasteiger charge is 2.35. The van der Waals surface area contributed by atoms with Crippen molar-refractivity contribution in [3.05, 3.63) is 23.7 Å². The molecule has 2 heterocycles. The number of hydrogen-bond donors (Lipinski definition) is 1. The summed E-state index contributed by atoms with van der Waals surface area (Å²) in [5.41, 5.74) is -2.36. The molecule has 0 aliphatic carbocycles. The van der Waals surface area contributed by atoms with Crippen molar-refractivity contribution in [2.75, 3.05) is 11.9 Å². The van der Waals surface area contributed by atoms with E-state index in [-0.39, 0.29) is 11.8 Å². The van der Waals surface area contributed by atoms with Crippen molar-refractivity contribution < 1.29 is 31.1 Å². The van der Waals surface area contributed by atoms with E-state index in [2.05, 4.69) is 15.0 Å². The molecule has 5 nitrogen and oxygen atoms in total. The first-order valence-electron chi connectivity index (χ1n) is 5.61. The lowest BCUT2D eigenvalue weighted by atomic mass is 10.2. The molecule has 0 unspecified atom stereocenters. The average Bonchev–Trinajstić information content (AvgIpc) is 2.41. The predicted molar refractivity (Wildman–Crippen MR) is 62.3 cm³/mol. The Bertz CT molecular complexity index is 712. The van der Waals surface area contributed by atoms with Gasteiger partial charge in [-0.25, -0.2) is 15.0 Å². The van der Waals surface area contributed by atoms with E-state index in [4.69, 9.17) is 0 Å². The van der Waals surface area contributed by atoms with Gasteiger partial charge in [-0.3, -0.25) is 4.79 Å². The van der Waals surface area contributed by atoms with Crippen molar-refractivity contribution in [2.24, 2.45) is 0 Å². The van der Waals surface area contributed by atoms with Crippen LogP contribution in [-0.2, 0) is 6.18 Å². The molecule has 2 rings (SSSR count).